The molecule has 1 atom stereocenters. The summed E-state index contributed by atoms with van der Waals surface area (Å²) in [5, 5.41) is 5.49. The number of anilines is 2. The zero-order valence-electron chi connectivity index (χ0n) is 15.5. The first-order valence-electron chi connectivity index (χ1n) is 9.62. The molecule has 2 amide bonds. The maximum atomic E-state index is 12.8. The number of H-pyrrole nitrogens is 1. The second-order valence-corrected chi connectivity index (χ2v) is 7.21. The van der Waals surface area contributed by atoms with Crippen LogP contribution in [-0.2, 0) is 16.1 Å². The van der Waals surface area contributed by atoms with E-state index in [1.807, 2.05) is 35.2 Å². The molecule has 8 heteroatoms. The molecule has 1 unspecified atom stereocenters. The Morgan fingerprint density at radius 1 is 1.14 bits per heavy atom. The molecule has 1 aromatic heterocycles. The van der Waals surface area contributed by atoms with Crippen LogP contribution in [-0.4, -0.2) is 34.9 Å². The first-order valence-corrected chi connectivity index (χ1v) is 9.62. The Kier molecular flexibility index (Phi) is 5.10. The summed E-state index contributed by atoms with van der Waals surface area (Å²) in [6, 6.07) is 9.49. The van der Waals surface area contributed by atoms with E-state index in [0.717, 1.165) is 37.9 Å². The lowest BCUT2D eigenvalue weighted by atomic mass is 9.92. The molecule has 3 heterocycles. The lowest BCUT2D eigenvalue weighted by molar-refractivity contribution is -0.126. The fourth-order valence-electron chi connectivity index (χ4n) is 3.75. The zero-order chi connectivity index (χ0) is 19.5. The number of nitrogens with one attached hydrogen (secondary N) is 3. The van der Waals surface area contributed by atoms with Gasteiger partial charge in [-0.2, -0.15) is 4.98 Å². The molecule has 2 aromatic rings. The third-order valence-corrected chi connectivity index (χ3v) is 5.22. The zero-order valence-corrected chi connectivity index (χ0v) is 15.5. The van der Waals surface area contributed by atoms with Crippen LogP contribution in [0.15, 0.2) is 35.1 Å². The van der Waals surface area contributed by atoms with Crippen molar-refractivity contribution < 1.29 is 9.59 Å². The summed E-state index contributed by atoms with van der Waals surface area (Å²) in [7, 11) is 0. The number of fused-ring (bicyclic) bond motifs is 1. The van der Waals surface area contributed by atoms with Crippen molar-refractivity contribution in [3.63, 3.8) is 0 Å². The second kappa shape index (κ2) is 7.84. The molecule has 2 aliphatic heterocycles. The van der Waals surface area contributed by atoms with E-state index < -0.39 is 5.92 Å². The van der Waals surface area contributed by atoms with Crippen molar-refractivity contribution in [3.8, 4) is 0 Å². The number of nitrogens with zero attached hydrogens (tertiary/aromatic N) is 2. The number of aromatic amines is 1. The SMILES string of the molecule is O=C1CC(C(=O)NCc2ccccc2)c2c(nc(N3CCCCC3)[nH]c2=O)N1. The van der Waals surface area contributed by atoms with E-state index in [4.69, 9.17) is 0 Å². The number of aromatic nitrogens is 2. The summed E-state index contributed by atoms with van der Waals surface area (Å²) in [5.41, 5.74) is 0.806. The van der Waals surface area contributed by atoms with Crippen LogP contribution >= 0.6 is 0 Å². The van der Waals surface area contributed by atoms with Gasteiger partial charge in [-0.1, -0.05) is 30.3 Å². The molecule has 28 heavy (non-hydrogen) atoms. The summed E-state index contributed by atoms with van der Waals surface area (Å²) in [4.78, 5) is 46.9. The Morgan fingerprint density at radius 3 is 2.64 bits per heavy atom. The maximum Gasteiger partial charge on any atom is 0.258 e. The van der Waals surface area contributed by atoms with Crippen molar-refractivity contribution in [1.82, 2.24) is 15.3 Å². The number of piperidine rings is 1. The average Bonchev–Trinajstić information content (AvgIpc) is 2.72. The van der Waals surface area contributed by atoms with E-state index >= 15 is 0 Å². The first-order chi connectivity index (χ1) is 13.6. The lowest BCUT2D eigenvalue weighted by Crippen LogP contribution is -2.40. The van der Waals surface area contributed by atoms with E-state index in [1.165, 1.54) is 0 Å². The van der Waals surface area contributed by atoms with Crippen LogP contribution < -0.4 is 21.1 Å². The molecule has 0 aliphatic carbocycles. The highest BCUT2D eigenvalue weighted by atomic mass is 16.2. The van der Waals surface area contributed by atoms with Crippen LogP contribution in [0.4, 0.5) is 11.8 Å². The standard InChI is InChI=1S/C20H23N5O3/c26-15-11-14(18(27)21-12-13-7-3-1-4-8-13)16-17(22-15)23-20(24-19(16)28)25-9-5-2-6-10-25/h1,3-4,7-8,14H,2,5-6,9-12H2,(H,21,27)(H2,22,23,24,26,28). The van der Waals surface area contributed by atoms with Gasteiger partial charge < -0.3 is 15.5 Å². The van der Waals surface area contributed by atoms with Crippen LogP contribution in [0, 0.1) is 0 Å². The Hall–Kier alpha value is -3.16. The van der Waals surface area contributed by atoms with Crippen molar-refractivity contribution in [2.75, 3.05) is 23.3 Å². The predicted octanol–water partition coefficient (Wildman–Crippen LogP) is 1.50. The van der Waals surface area contributed by atoms with Gasteiger partial charge in [0.25, 0.3) is 5.56 Å². The van der Waals surface area contributed by atoms with Crippen molar-refractivity contribution in [2.45, 2.75) is 38.1 Å². The molecule has 3 N–H and O–H groups in total. The molecule has 0 radical (unpaired) electrons. The molecule has 1 saturated heterocycles. The molecular formula is C20H23N5O3. The van der Waals surface area contributed by atoms with Crippen LogP contribution in [0.3, 0.4) is 0 Å². The third-order valence-electron chi connectivity index (χ3n) is 5.22. The smallest absolute Gasteiger partial charge is 0.258 e. The number of carbonyl (C=O) groups excluding carboxylic acids is 2. The summed E-state index contributed by atoms with van der Waals surface area (Å²) < 4.78 is 0. The molecule has 1 fully saturated rings. The van der Waals surface area contributed by atoms with E-state index in [-0.39, 0.29) is 35.2 Å². The Bertz CT molecular complexity index is 935. The number of hydrogen-bond donors (Lipinski definition) is 3. The quantitative estimate of drug-likeness (QED) is 0.744. The number of rotatable bonds is 4. The number of benzene rings is 1. The number of hydrogen-bond acceptors (Lipinski definition) is 5. The van der Waals surface area contributed by atoms with Crippen molar-refractivity contribution >= 4 is 23.6 Å². The van der Waals surface area contributed by atoms with Gasteiger partial charge in [0.15, 0.2) is 0 Å². The fraction of sp³-hybridized carbons (Fsp3) is 0.400. The molecule has 0 bridgehead atoms. The number of amides is 2. The maximum absolute atomic E-state index is 12.8. The molecule has 2 aliphatic rings. The van der Waals surface area contributed by atoms with Crippen LogP contribution in [0.1, 0.15) is 42.7 Å². The minimum Gasteiger partial charge on any atom is -0.351 e. The van der Waals surface area contributed by atoms with Gasteiger partial charge in [-0.25, -0.2) is 0 Å². The normalized spacial score (nSPS) is 18.9. The van der Waals surface area contributed by atoms with E-state index in [9.17, 15) is 14.4 Å². The molecule has 0 spiro atoms. The van der Waals surface area contributed by atoms with Crippen LogP contribution in [0.25, 0.3) is 0 Å². The van der Waals surface area contributed by atoms with E-state index in [1.54, 1.807) is 0 Å². The van der Waals surface area contributed by atoms with Gasteiger partial charge in [0.1, 0.15) is 5.82 Å². The largest absolute Gasteiger partial charge is 0.351 e. The van der Waals surface area contributed by atoms with Gasteiger partial charge in [0.2, 0.25) is 17.8 Å². The van der Waals surface area contributed by atoms with Crippen molar-refractivity contribution in [3.05, 3.63) is 51.8 Å². The minimum absolute atomic E-state index is 0.0680. The predicted molar refractivity (Wildman–Crippen MR) is 105 cm³/mol. The number of carbonyl (C=O) groups is 2. The summed E-state index contributed by atoms with van der Waals surface area (Å²) >= 11 is 0. The van der Waals surface area contributed by atoms with E-state index in [2.05, 4.69) is 20.6 Å². The monoisotopic (exact) mass is 381 g/mol. The molecule has 8 nitrogen and oxygen atoms in total. The van der Waals surface area contributed by atoms with Crippen molar-refractivity contribution in [2.24, 2.45) is 0 Å². The second-order valence-electron chi connectivity index (χ2n) is 7.21. The van der Waals surface area contributed by atoms with Crippen LogP contribution in [0.2, 0.25) is 0 Å². The van der Waals surface area contributed by atoms with Crippen LogP contribution in [0.5, 0.6) is 0 Å². The van der Waals surface area contributed by atoms with Gasteiger partial charge in [-0.05, 0) is 24.8 Å². The molecule has 146 valence electrons. The Labute approximate surface area is 162 Å². The highest BCUT2D eigenvalue weighted by molar-refractivity contribution is 6.00. The van der Waals surface area contributed by atoms with Gasteiger partial charge in [0, 0.05) is 26.1 Å². The molecule has 0 saturated carbocycles. The average molecular weight is 381 g/mol. The van der Waals surface area contributed by atoms with Gasteiger partial charge in [-0.15, -0.1) is 0 Å². The highest BCUT2D eigenvalue weighted by Crippen LogP contribution is 2.29. The van der Waals surface area contributed by atoms with Gasteiger partial charge in [0.05, 0.1) is 11.5 Å². The van der Waals surface area contributed by atoms with Crippen molar-refractivity contribution in [1.29, 1.82) is 0 Å². The third kappa shape index (κ3) is 3.76. The minimum atomic E-state index is -0.848. The first kappa shape index (κ1) is 18.2. The topological polar surface area (TPSA) is 107 Å². The summed E-state index contributed by atoms with van der Waals surface area (Å²) in [5.74, 6) is -0.860. The lowest BCUT2D eigenvalue weighted by Gasteiger charge is -2.29. The van der Waals surface area contributed by atoms with E-state index in [0.29, 0.717) is 12.5 Å². The fourth-order valence-corrected chi connectivity index (χ4v) is 3.75. The highest BCUT2D eigenvalue weighted by Gasteiger charge is 2.35. The van der Waals surface area contributed by atoms with Gasteiger partial charge >= 0.3 is 0 Å². The Morgan fingerprint density at radius 2 is 1.89 bits per heavy atom. The molecule has 4 rings (SSSR count). The summed E-state index contributed by atoms with van der Waals surface area (Å²) in [6.45, 7) is 1.97. The Balaban J connectivity index is 1.58. The summed E-state index contributed by atoms with van der Waals surface area (Å²) in [6.07, 6.45) is 3.17. The molecular weight excluding hydrogens is 358 g/mol. The molecule has 1 aromatic carbocycles. The van der Waals surface area contributed by atoms with Gasteiger partial charge in [-0.3, -0.25) is 19.4 Å².